The van der Waals surface area contributed by atoms with Gasteiger partial charge in [-0.3, -0.25) is 4.79 Å². The zero-order chi connectivity index (χ0) is 12.3. The lowest BCUT2D eigenvalue weighted by molar-refractivity contribution is -0.138. The maximum absolute atomic E-state index is 11.0. The molecule has 5 heteroatoms. The molecule has 5 nitrogen and oxygen atoms in total. The van der Waals surface area contributed by atoms with Gasteiger partial charge in [-0.2, -0.15) is 0 Å². The van der Waals surface area contributed by atoms with E-state index in [1.165, 1.54) is 0 Å². The molecule has 0 amide bonds. The molecular weight excluding hydrogens is 220 g/mol. The molecular formula is C12H18N2O3. The third-order valence-electron chi connectivity index (χ3n) is 3.35. The Balaban J connectivity index is 2.14. The summed E-state index contributed by atoms with van der Waals surface area (Å²) in [5.74, 6) is 0.480. The quantitative estimate of drug-likeness (QED) is 0.837. The van der Waals surface area contributed by atoms with Crippen molar-refractivity contribution in [2.24, 2.45) is 5.92 Å². The number of ether oxygens (including phenoxy) is 1. The Kier molecular flexibility index (Phi) is 3.78. The third kappa shape index (κ3) is 3.06. The molecule has 1 fully saturated rings. The number of H-pyrrole nitrogens is 1. The lowest BCUT2D eigenvalue weighted by Crippen LogP contribution is -2.24. The van der Waals surface area contributed by atoms with Crippen molar-refractivity contribution in [2.45, 2.75) is 32.1 Å². The summed E-state index contributed by atoms with van der Waals surface area (Å²) in [7, 11) is 0. The highest BCUT2D eigenvalue weighted by Crippen LogP contribution is 2.33. The second-order valence-corrected chi connectivity index (χ2v) is 4.58. The van der Waals surface area contributed by atoms with E-state index >= 15 is 0 Å². The van der Waals surface area contributed by atoms with Crippen LogP contribution in [0.4, 0.5) is 0 Å². The maximum Gasteiger partial charge on any atom is 0.304 e. The number of rotatable bonds is 4. The second-order valence-electron chi connectivity index (χ2n) is 4.58. The number of nitrogens with zero attached hydrogens (tertiary/aromatic N) is 1. The Morgan fingerprint density at radius 2 is 2.35 bits per heavy atom. The van der Waals surface area contributed by atoms with Crippen molar-refractivity contribution in [1.82, 2.24) is 9.97 Å². The van der Waals surface area contributed by atoms with E-state index in [1.54, 1.807) is 6.20 Å². The summed E-state index contributed by atoms with van der Waals surface area (Å²) in [6.07, 6.45) is 3.77. The van der Waals surface area contributed by atoms with Gasteiger partial charge in [0.2, 0.25) is 0 Å². The molecule has 1 aliphatic rings. The van der Waals surface area contributed by atoms with Crippen LogP contribution in [0.1, 0.15) is 36.7 Å². The first-order chi connectivity index (χ1) is 8.16. The minimum atomic E-state index is -0.756. The van der Waals surface area contributed by atoms with Crippen molar-refractivity contribution in [1.29, 1.82) is 0 Å². The Bertz CT molecular complexity index is 383. The normalized spacial score (nSPS) is 19.1. The van der Waals surface area contributed by atoms with Gasteiger partial charge in [-0.05, 0) is 25.7 Å². The molecule has 0 aliphatic carbocycles. The molecule has 0 aromatic carbocycles. The number of carboxylic acids is 1. The predicted octanol–water partition coefficient (Wildman–Crippen LogP) is 1.70. The first-order valence-corrected chi connectivity index (χ1v) is 5.98. The topological polar surface area (TPSA) is 75.2 Å². The van der Waals surface area contributed by atoms with Crippen LogP contribution in [0.25, 0.3) is 0 Å². The fraction of sp³-hybridized carbons (Fsp3) is 0.667. The lowest BCUT2D eigenvalue weighted by atomic mass is 9.82. The molecule has 17 heavy (non-hydrogen) atoms. The van der Waals surface area contributed by atoms with Crippen molar-refractivity contribution < 1.29 is 14.6 Å². The van der Waals surface area contributed by atoms with Crippen LogP contribution in [-0.4, -0.2) is 34.3 Å². The molecule has 1 aromatic rings. The molecule has 2 rings (SSSR count). The molecule has 1 saturated heterocycles. The zero-order valence-electron chi connectivity index (χ0n) is 9.98. The van der Waals surface area contributed by atoms with Gasteiger partial charge in [0.1, 0.15) is 5.82 Å². The summed E-state index contributed by atoms with van der Waals surface area (Å²) >= 11 is 0. The van der Waals surface area contributed by atoms with Gasteiger partial charge in [-0.15, -0.1) is 0 Å². The molecule has 2 N–H and O–H groups in total. The van der Waals surface area contributed by atoms with Gasteiger partial charge in [0.05, 0.1) is 6.42 Å². The molecule has 1 atom stereocenters. The number of hydrogen-bond donors (Lipinski definition) is 2. The SMILES string of the molecule is Cc1ncc(C(CC(=O)O)C2CCOCC2)[nH]1. The summed E-state index contributed by atoms with van der Waals surface area (Å²) in [6.45, 7) is 3.34. The molecule has 1 aromatic heterocycles. The van der Waals surface area contributed by atoms with E-state index in [9.17, 15) is 4.79 Å². The van der Waals surface area contributed by atoms with Crippen LogP contribution in [0.2, 0.25) is 0 Å². The van der Waals surface area contributed by atoms with Crippen LogP contribution < -0.4 is 0 Å². The van der Waals surface area contributed by atoms with E-state index < -0.39 is 5.97 Å². The molecule has 0 saturated carbocycles. The van der Waals surface area contributed by atoms with Crippen molar-refractivity contribution in [3.63, 3.8) is 0 Å². The van der Waals surface area contributed by atoms with Crippen molar-refractivity contribution in [3.05, 3.63) is 17.7 Å². The molecule has 0 spiro atoms. The van der Waals surface area contributed by atoms with Crippen molar-refractivity contribution in [2.75, 3.05) is 13.2 Å². The molecule has 1 unspecified atom stereocenters. The van der Waals surface area contributed by atoms with E-state index in [0.29, 0.717) is 5.92 Å². The molecule has 1 aliphatic heterocycles. The van der Waals surface area contributed by atoms with Gasteiger partial charge in [0.15, 0.2) is 0 Å². The summed E-state index contributed by atoms with van der Waals surface area (Å²) in [5, 5.41) is 9.02. The van der Waals surface area contributed by atoms with Crippen LogP contribution in [0.15, 0.2) is 6.20 Å². The number of aromatic nitrogens is 2. The Hall–Kier alpha value is -1.36. The van der Waals surface area contributed by atoms with E-state index in [-0.39, 0.29) is 12.3 Å². The number of nitrogens with one attached hydrogen (secondary N) is 1. The van der Waals surface area contributed by atoms with E-state index in [4.69, 9.17) is 9.84 Å². The van der Waals surface area contributed by atoms with Crippen LogP contribution in [0.3, 0.4) is 0 Å². The second kappa shape index (κ2) is 5.31. The van der Waals surface area contributed by atoms with Crippen LogP contribution in [0.5, 0.6) is 0 Å². The number of aliphatic carboxylic acids is 1. The van der Waals surface area contributed by atoms with Crippen molar-refractivity contribution >= 4 is 5.97 Å². The number of carboxylic acid groups (broad SMARTS) is 1. The number of aromatic amines is 1. The number of imidazole rings is 1. The summed E-state index contributed by atoms with van der Waals surface area (Å²) in [4.78, 5) is 18.3. The summed E-state index contributed by atoms with van der Waals surface area (Å²) < 4.78 is 5.32. The van der Waals surface area contributed by atoms with Gasteiger partial charge in [-0.25, -0.2) is 4.98 Å². The van der Waals surface area contributed by atoms with Crippen LogP contribution >= 0.6 is 0 Å². The molecule has 0 radical (unpaired) electrons. The monoisotopic (exact) mass is 238 g/mol. The standard InChI is InChI=1S/C12H18N2O3/c1-8-13-7-11(14-8)10(6-12(15)16)9-2-4-17-5-3-9/h7,9-10H,2-6H2,1H3,(H,13,14)(H,15,16). The van der Waals surface area contributed by atoms with Crippen LogP contribution in [0, 0.1) is 12.8 Å². The van der Waals surface area contributed by atoms with E-state index in [2.05, 4.69) is 9.97 Å². The zero-order valence-corrected chi connectivity index (χ0v) is 9.98. The maximum atomic E-state index is 11.0. The highest BCUT2D eigenvalue weighted by Gasteiger charge is 2.28. The van der Waals surface area contributed by atoms with E-state index in [0.717, 1.165) is 37.6 Å². The van der Waals surface area contributed by atoms with Crippen molar-refractivity contribution in [3.8, 4) is 0 Å². The molecule has 0 bridgehead atoms. The Labute approximate surface area is 100 Å². The van der Waals surface area contributed by atoms with Gasteiger partial charge in [0, 0.05) is 31.0 Å². The minimum Gasteiger partial charge on any atom is -0.481 e. The largest absolute Gasteiger partial charge is 0.481 e. The van der Waals surface area contributed by atoms with Gasteiger partial charge >= 0.3 is 5.97 Å². The first-order valence-electron chi connectivity index (χ1n) is 5.98. The van der Waals surface area contributed by atoms with Crippen LogP contribution in [-0.2, 0) is 9.53 Å². The smallest absolute Gasteiger partial charge is 0.304 e. The summed E-state index contributed by atoms with van der Waals surface area (Å²) in [5.41, 5.74) is 0.941. The predicted molar refractivity (Wildman–Crippen MR) is 61.9 cm³/mol. The average molecular weight is 238 g/mol. The van der Waals surface area contributed by atoms with Gasteiger partial charge in [-0.1, -0.05) is 0 Å². The number of carbonyl (C=O) groups is 1. The fourth-order valence-corrected chi connectivity index (χ4v) is 2.47. The highest BCUT2D eigenvalue weighted by molar-refractivity contribution is 5.68. The van der Waals surface area contributed by atoms with E-state index in [1.807, 2.05) is 6.92 Å². The Morgan fingerprint density at radius 1 is 1.65 bits per heavy atom. The van der Waals surface area contributed by atoms with Gasteiger partial charge < -0.3 is 14.8 Å². The summed E-state index contributed by atoms with van der Waals surface area (Å²) in [6, 6.07) is 0. The fourth-order valence-electron chi connectivity index (χ4n) is 2.47. The minimum absolute atomic E-state index is 0.0256. The first kappa shape index (κ1) is 12.1. The number of hydrogen-bond acceptors (Lipinski definition) is 3. The average Bonchev–Trinajstić information content (AvgIpc) is 2.73. The Morgan fingerprint density at radius 3 is 2.88 bits per heavy atom. The highest BCUT2D eigenvalue weighted by atomic mass is 16.5. The number of aryl methyl sites for hydroxylation is 1. The molecule has 2 heterocycles. The lowest BCUT2D eigenvalue weighted by Gasteiger charge is -2.28. The van der Waals surface area contributed by atoms with Gasteiger partial charge in [0.25, 0.3) is 0 Å². The third-order valence-corrected chi connectivity index (χ3v) is 3.35. The molecule has 94 valence electrons.